The van der Waals surface area contributed by atoms with Crippen molar-refractivity contribution in [2.24, 2.45) is 5.73 Å². The van der Waals surface area contributed by atoms with E-state index in [1.165, 1.54) is 0 Å². The fraction of sp³-hybridized carbons (Fsp3) is 1.00. The van der Waals surface area contributed by atoms with Crippen molar-refractivity contribution in [3.63, 3.8) is 0 Å². The normalized spacial score (nSPS) is 15.5. The van der Waals surface area contributed by atoms with Crippen LogP contribution < -0.4 is 5.73 Å². The van der Waals surface area contributed by atoms with Crippen molar-refractivity contribution >= 4 is 0 Å². The van der Waals surface area contributed by atoms with Gasteiger partial charge in [0.1, 0.15) is 0 Å². The topological polar surface area (TPSA) is 26.0 Å². The number of hydrogen-bond acceptors (Lipinski definition) is 1. The molecule has 1 unspecified atom stereocenters. The first-order valence-electron chi connectivity index (χ1n) is 2.93. The average molecular weight is 177 g/mol. The highest BCUT2D eigenvalue weighted by atomic mass is 19.3. The van der Waals surface area contributed by atoms with Gasteiger partial charge in [-0.3, -0.25) is 0 Å². The van der Waals surface area contributed by atoms with Crippen LogP contribution in [0.4, 0.5) is 22.0 Å². The Morgan fingerprint density at radius 2 is 1.64 bits per heavy atom. The summed E-state index contributed by atoms with van der Waals surface area (Å²) in [5.41, 5.74) is 4.71. The number of halogens is 5. The molecule has 0 aliphatic carbocycles. The average Bonchev–Trinajstić information content (AvgIpc) is 1.88. The predicted octanol–water partition coefficient (Wildman–Crippen LogP) is 1.57. The molecule has 0 fully saturated rings. The van der Waals surface area contributed by atoms with E-state index in [0.717, 1.165) is 0 Å². The van der Waals surface area contributed by atoms with E-state index in [2.05, 4.69) is 0 Å². The van der Waals surface area contributed by atoms with E-state index in [9.17, 15) is 22.0 Å². The van der Waals surface area contributed by atoms with Crippen LogP contribution >= 0.6 is 0 Å². The lowest BCUT2D eigenvalue weighted by Crippen LogP contribution is -2.38. The lowest BCUT2D eigenvalue weighted by molar-refractivity contribution is -0.171. The Hall–Kier alpha value is -0.390. The van der Waals surface area contributed by atoms with Crippen LogP contribution in [0.2, 0.25) is 0 Å². The molecule has 0 saturated carbocycles. The van der Waals surface area contributed by atoms with Crippen molar-refractivity contribution in [1.29, 1.82) is 0 Å². The third kappa shape index (κ3) is 2.61. The molecule has 0 aromatic carbocycles. The summed E-state index contributed by atoms with van der Waals surface area (Å²) in [6.07, 6.45) is -7.58. The number of alkyl halides is 5. The quantitative estimate of drug-likeness (QED) is 0.648. The van der Waals surface area contributed by atoms with Crippen molar-refractivity contribution in [2.75, 3.05) is 6.54 Å². The lowest BCUT2D eigenvalue weighted by atomic mass is 10.1. The molecule has 0 aromatic heterocycles. The van der Waals surface area contributed by atoms with E-state index in [4.69, 9.17) is 5.73 Å². The van der Waals surface area contributed by atoms with E-state index in [-0.39, 0.29) is 6.54 Å². The SMILES string of the molecule is NCCC(F)C(F)(F)C(F)F. The van der Waals surface area contributed by atoms with E-state index < -0.39 is 24.9 Å². The minimum Gasteiger partial charge on any atom is -0.330 e. The maximum atomic E-state index is 12.1. The first kappa shape index (κ1) is 10.6. The molecule has 68 valence electrons. The van der Waals surface area contributed by atoms with Crippen LogP contribution in [0.5, 0.6) is 0 Å². The minimum atomic E-state index is -4.57. The molecule has 11 heavy (non-hydrogen) atoms. The zero-order valence-electron chi connectivity index (χ0n) is 5.54. The van der Waals surface area contributed by atoms with Gasteiger partial charge in [-0.1, -0.05) is 0 Å². The van der Waals surface area contributed by atoms with Gasteiger partial charge >= 0.3 is 12.3 Å². The zero-order valence-corrected chi connectivity index (χ0v) is 5.54. The van der Waals surface area contributed by atoms with Gasteiger partial charge in [-0.05, 0) is 13.0 Å². The van der Waals surface area contributed by atoms with Gasteiger partial charge in [0, 0.05) is 0 Å². The molecule has 0 bridgehead atoms. The molecule has 0 aromatic rings. The smallest absolute Gasteiger partial charge is 0.330 e. The third-order valence-electron chi connectivity index (χ3n) is 1.13. The van der Waals surface area contributed by atoms with Gasteiger partial charge in [0.15, 0.2) is 6.17 Å². The Balaban J connectivity index is 4.05. The second kappa shape index (κ2) is 3.85. The van der Waals surface area contributed by atoms with Gasteiger partial charge in [0.2, 0.25) is 0 Å². The van der Waals surface area contributed by atoms with Crippen LogP contribution in [0.25, 0.3) is 0 Å². The van der Waals surface area contributed by atoms with Crippen LogP contribution in [-0.2, 0) is 0 Å². The highest BCUT2D eigenvalue weighted by Crippen LogP contribution is 2.30. The molecular weight excluding hydrogens is 169 g/mol. The van der Waals surface area contributed by atoms with Gasteiger partial charge < -0.3 is 5.73 Å². The monoisotopic (exact) mass is 177 g/mol. The van der Waals surface area contributed by atoms with Crippen molar-refractivity contribution < 1.29 is 22.0 Å². The Kier molecular flexibility index (Phi) is 3.71. The van der Waals surface area contributed by atoms with Crippen molar-refractivity contribution in [1.82, 2.24) is 0 Å². The molecule has 6 heteroatoms. The summed E-state index contributed by atoms with van der Waals surface area (Å²) in [5.74, 6) is -4.57. The summed E-state index contributed by atoms with van der Waals surface area (Å²) in [6.45, 7) is -0.372. The molecule has 0 saturated heterocycles. The molecule has 0 aliphatic rings. The van der Waals surface area contributed by atoms with Crippen molar-refractivity contribution in [3.05, 3.63) is 0 Å². The summed E-state index contributed by atoms with van der Waals surface area (Å²) in [7, 11) is 0. The molecular formula is C5H8F5N. The van der Waals surface area contributed by atoms with Gasteiger partial charge in [0.05, 0.1) is 0 Å². The Labute approximate surface area is 60.4 Å². The van der Waals surface area contributed by atoms with E-state index in [1.54, 1.807) is 0 Å². The first-order valence-corrected chi connectivity index (χ1v) is 2.93. The van der Waals surface area contributed by atoms with Crippen LogP contribution in [0.1, 0.15) is 6.42 Å². The van der Waals surface area contributed by atoms with E-state index in [0.29, 0.717) is 0 Å². The molecule has 0 heterocycles. The zero-order chi connectivity index (χ0) is 9.07. The first-order chi connectivity index (χ1) is 4.92. The van der Waals surface area contributed by atoms with E-state index in [1.807, 2.05) is 0 Å². The molecule has 2 N–H and O–H groups in total. The summed E-state index contributed by atoms with van der Waals surface area (Å²) in [5, 5.41) is 0. The van der Waals surface area contributed by atoms with Crippen LogP contribution in [0, 0.1) is 0 Å². The molecule has 0 rings (SSSR count). The Bertz CT molecular complexity index is 115. The van der Waals surface area contributed by atoms with Crippen LogP contribution in [0.3, 0.4) is 0 Å². The fourth-order valence-electron chi connectivity index (χ4n) is 0.475. The second-order valence-electron chi connectivity index (χ2n) is 2.02. The molecule has 0 spiro atoms. The Morgan fingerprint density at radius 3 is 1.91 bits per heavy atom. The van der Waals surface area contributed by atoms with Gasteiger partial charge in [-0.2, -0.15) is 8.78 Å². The van der Waals surface area contributed by atoms with Crippen molar-refractivity contribution in [2.45, 2.75) is 24.9 Å². The number of nitrogens with two attached hydrogens (primary N) is 1. The van der Waals surface area contributed by atoms with Gasteiger partial charge in [-0.25, -0.2) is 13.2 Å². The van der Waals surface area contributed by atoms with Crippen LogP contribution in [0.15, 0.2) is 0 Å². The van der Waals surface area contributed by atoms with Crippen molar-refractivity contribution in [3.8, 4) is 0 Å². The van der Waals surface area contributed by atoms with Crippen LogP contribution in [-0.4, -0.2) is 25.1 Å². The molecule has 0 aliphatic heterocycles. The summed E-state index contributed by atoms with van der Waals surface area (Å²) < 4.78 is 58.7. The highest BCUT2D eigenvalue weighted by Gasteiger charge is 2.48. The summed E-state index contributed by atoms with van der Waals surface area (Å²) in [4.78, 5) is 0. The lowest BCUT2D eigenvalue weighted by Gasteiger charge is -2.18. The summed E-state index contributed by atoms with van der Waals surface area (Å²) >= 11 is 0. The minimum absolute atomic E-state index is 0.372. The van der Waals surface area contributed by atoms with Gasteiger partial charge in [-0.15, -0.1) is 0 Å². The standard InChI is InChI=1S/C5H8F5N/c6-3(1-2-11)5(9,10)4(7)8/h3-4H,1-2,11H2. The molecule has 1 atom stereocenters. The number of hydrogen-bond donors (Lipinski definition) is 1. The molecule has 0 radical (unpaired) electrons. The summed E-state index contributed by atoms with van der Waals surface area (Å²) in [6, 6.07) is 0. The molecule has 1 nitrogen and oxygen atoms in total. The maximum absolute atomic E-state index is 12.1. The molecule has 0 amide bonds. The van der Waals surface area contributed by atoms with E-state index >= 15 is 0 Å². The van der Waals surface area contributed by atoms with Gasteiger partial charge in [0.25, 0.3) is 0 Å². The number of rotatable bonds is 4. The second-order valence-corrected chi connectivity index (χ2v) is 2.02. The largest absolute Gasteiger partial charge is 0.337 e. The predicted molar refractivity (Wildman–Crippen MR) is 29.5 cm³/mol. The highest BCUT2D eigenvalue weighted by molar-refractivity contribution is 4.79. The third-order valence-corrected chi connectivity index (χ3v) is 1.13. The Morgan fingerprint density at radius 1 is 1.18 bits per heavy atom. The fourth-order valence-corrected chi connectivity index (χ4v) is 0.475. The maximum Gasteiger partial charge on any atom is 0.337 e.